The first-order valence-corrected chi connectivity index (χ1v) is 9.49. The number of piperidine rings is 1. The van der Waals surface area contributed by atoms with Crippen molar-refractivity contribution in [2.24, 2.45) is 18.0 Å². The number of fused-ring (bicyclic) bond motifs is 1. The molecule has 0 aromatic carbocycles. The highest BCUT2D eigenvalue weighted by Gasteiger charge is 2.19. The Kier molecular flexibility index (Phi) is 4.46. The fraction of sp³-hybridized carbons (Fsp3) is 0.524. The molecule has 25 heavy (non-hydrogen) atoms. The SMILES string of the molecule is CC1=NCCC(C)=C1c1cnc2c(c1)c(CC1CCNCC1)cn2C. The molecule has 1 saturated heterocycles. The van der Waals surface area contributed by atoms with Crippen LogP contribution in [-0.4, -0.2) is 34.9 Å². The number of hydrogen-bond donors (Lipinski definition) is 1. The molecule has 1 N–H and O–H groups in total. The molecular formula is C21H28N4. The van der Waals surface area contributed by atoms with Gasteiger partial charge in [-0.1, -0.05) is 5.57 Å². The largest absolute Gasteiger partial charge is 0.335 e. The van der Waals surface area contributed by atoms with Crippen LogP contribution in [0.3, 0.4) is 0 Å². The van der Waals surface area contributed by atoms with Gasteiger partial charge in [-0.15, -0.1) is 0 Å². The van der Waals surface area contributed by atoms with E-state index >= 15 is 0 Å². The minimum atomic E-state index is 0.787. The van der Waals surface area contributed by atoms with Crippen molar-refractivity contribution in [3.63, 3.8) is 0 Å². The number of nitrogens with zero attached hydrogens (tertiary/aromatic N) is 3. The molecule has 2 aromatic rings. The van der Waals surface area contributed by atoms with Crippen LogP contribution >= 0.6 is 0 Å². The lowest BCUT2D eigenvalue weighted by atomic mass is 9.90. The van der Waals surface area contributed by atoms with Crippen molar-refractivity contribution in [2.45, 2.75) is 39.5 Å². The van der Waals surface area contributed by atoms with Gasteiger partial charge in [0, 0.05) is 48.2 Å². The second kappa shape index (κ2) is 6.75. The average molecular weight is 336 g/mol. The average Bonchev–Trinajstić information content (AvgIpc) is 2.91. The van der Waals surface area contributed by atoms with E-state index in [9.17, 15) is 0 Å². The Morgan fingerprint density at radius 1 is 1.24 bits per heavy atom. The summed E-state index contributed by atoms with van der Waals surface area (Å²) in [6, 6.07) is 2.35. The summed E-state index contributed by atoms with van der Waals surface area (Å²) in [5, 5.41) is 4.78. The van der Waals surface area contributed by atoms with Crippen molar-refractivity contribution < 1.29 is 0 Å². The van der Waals surface area contributed by atoms with Crippen LogP contribution in [0.15, 0.2) is 29.0 Å². The van der Waals surface area contributed by atoms with Crippen molar-refractivity contribution in [3.8, 4) is 0 Å². The number of allylic oxidation sites excluding steroid dienone is 1. The zero-order chi connectivity index (χ0) is 17.4. The molecule has 0 bridgehead atoms. The number of pyridine rings is 1. The zero-order valence-corrected chi connectivity index (χ0v) is 15.6. The summed E-state index contributed by atoms with van der Waals surface area (Å²) in [6.07, 6.45) is 9.09. The Balaban J connectivity index is 1.74. The number of hydrogen-bond acceptors (Lipinski definition) is 3. The second-order valence-corrected chi connectivity index (χ2v) is 7.63. The molecule has 4 nitrogen and oxygen atoms in total. The van der Waals surface area contributed by atoms with E-state index in [1.165, 1.54) is 40.5 Å². The lowest BCUT2D eigenvalue weighted by Gasteiger charge is -2.22. The van der Waals surface area contributed by atoms with Gasteiger partial charge in [0.15, 0.2) is 0 Å². The zero-order valence-electron chi connectivity index (χ0n) is 15.6. The Morgan fingerprint density at radius 3 is 2.80 bits per heavy atom. The van der Waals surface area contributed by atoms with Crippen molar-refractivity contribution in [1.82, 2.24) is 14.9 Å². The molecule has 4 rings (SSSR count). The number of rotatable bonds is 3. The molecule has 0 spiro atoms. The van der Waals surface area contributed by atoms with Crippen molar-refractivity contribution >= 4 is 22.3 Å². The van der Waals surface area contributed by atoms with Gasteiger partial charge >= 0.3 is 0 Å². The van der Waals surface area contributed by atoms with Crippen molar-refractivity contribution in [3.05, 3.63) is 35.2 Å². The summed E-state index contributed by atoms with van der Waals surface area (Å²) >= 11 is 0. The van der Waals surface area contributed by atoms with E-state index < -0.39 is 0 Å². The molecule has 132 valence electrons. The molecule has 2 aromatic heterocycles. The first-order valence-electron chi connectivity index (χ1n) is 9.49. The van der Waals surface area contributed by atoms with Crippen LogP contribution in [0.4, 0.5) is 0 Å². The summed E-state index contributed by atoms with van der Waals surface area (Å²) in [4.78, 5) is 9.46. The third-order valence-corrected chi connectivity index (χ3v) is 5.78. The number of dihydropyridines is 1. The van der Waals surface area contributed by atoms with Gasteiger partial charge in [-0.3, -0.25) is 4.99 Å². The van der Waals surface area contributed by atoms with Crippen LogP contribution in [-0.2, 0) is 13.5 Å². The molecule has 4 heterocycles. The normalized spacial score (nSPS) is 19.6. The smallest absolute Gasteiger partial charge is 0.139 e. The molecule has 0 unspecified atom stereocenters. The number of aliphatic imine (C=N–C) groups is 1. The highest BCUT2D eigenvalue weighted by Crippen LogP contribution is 2.30. The predicted octanol–water partition coefficient (Wildman–Crippen LogP) is 3.75. The molecule has 2 aliphatic heterocycles. The minimum absolute atomic E-state index is 0.787. The van der Waals surface area contributed by atoms with E-state index in [4.69, 9.17) is 4.98 Å². The van der Waals surface area contributed by atoms with Crippen LogP contribution < -0.4 is 5.32 Å². The van der Waals surface area contributed by atoms with E-state index in [1.807, 2.05) is 6.20 Å². The maximum absolute atomic E-state index is 4.80. The van der Waals surface area contributed by atoms with E-state index in [1.54, 1.807) is 0 Å². The fourth-order valence-electron chi connectivity index (χ4n) is 4.40. The number of nitrogens with one attached hydrogen (secondary N) is 1. The molecule has 0 aliphatic carbocycles. The molecular weight excluding hydrogens is 308 g/mol. The fourth-order valence-corrected chi connectivity index (χ4v) is 4.40. The standard InChI is InChI=1S/C21H28N4/c1-14-4-9-23-15(2)20(14)17-11-19-18(10-16-5-7-22-8-6-16)13-25(3)21(19)24-12-17/h11-13,16,22H,4-10H2,1-3H3. The van der Waals surface area contributed by atoms with E-state index in [0.717, 1.165) is 49.8 Å². The Morgan fingerprint density at radius 2 is 2.04 bits per heavy atom. The van der Waals surface area contributed by atoms with Crippen LogP contribution in [0.1, 0.15) is 44.2 Å². The molecule has 0 radical (unpaired) electrons. The first kappa shape index (κ1) is 16.5. The molecule has 1 fully saturated rings. The van der Waals surface area contributed by atoms with E-state index in [2.05, 4.69) is 48.0 Å². The lowest BCUT2D eigenvalue weighted by molar-refractivity contribution is 0.373. The molecule has 0 saturated carbocycles. The van der Waals surface area contributed by atoms with E-state index in [-0.39, 0.29) is 0 Å². The number of aromatic nitrogens is 2. The summed E-state index contributed by atoms with van der Waals surface area (Å²) < 4.78 is 2.18. The predicted molar refractivity (Wildman–Crippen MR) is 105 cm³/mol. The summed E-state index contributed by atoms with van der Waals surface area (Å²) in [5.74, 6) is 0.787. The highest BCUT2D eigenvalue weighted by molar-refractivity contribution is 6.24. The molecule has 2 aliphatic rings. The van der Waals surface area contributed by atoms with Gasteiger partial charge in [-0.25, -0.2) is 4.98 Å². The Bertz CT molecular complexity index is 850. The molecule has 0 atom stereocenters. The van der Waals surface area contributed by atoms with Gasteiger partial charge in [0.2, 0.25) is 0 Å². The molecule has 4 heteroatoms. The second-order valence-electron chi connectivity index (χ2n) is 7.63. The highest BCUT2D eigenvalue weighted by atomic mass is 15.0. The summed E-state index contributed by atoms with van der Waals surface area (Å²) in [5.41, 5.74) is 7.66. The number of aryl methyl sites for hydroxylation is 1. The van der Waals surface area contributed by atoms with E-state index in [0.29, 0.717) is 0 Å². The van der Waals surface area contributed by atoms with Gasteiger partial charge < -0.3 is 9.88 Å². The van der Waals surface area contributed by atoms with Gasteiger partial charge in [-0.05, 0) is 70.2 Å². The summed E-state index contributed by atoms with van der Waals surface area (Å²) in [6.45, 7) is 7.59. The minimum Gasteiger partial charge on any atom is -0.335 e. The monoisotopic (exact) mass is 336 g/mol. The maximum Gasteiger partial charge on any atom is 0.139 e. The van der Waals surface area contributed by atoms with Crippen molar-refractivity contribution in [1.29, 1.82) is 0 Å². The van der Waals surface area contributed by atoms with Gasteiger partial charge in [-0.2, -0.15) is 0 Å². The molecule has 0 amide bonds. The first-order chi connectivity index (χ1) is 12.1. The third kappa shape index (κ3) is 3.15. The van der Waals surface area contributed by atoms with Crippen LogP contribution in [0.5, 0.6) is 0 Å². The van der Waals surface area contributed by atoms with Gasteiger partial charge in [0.05, 0.1) is 0 Å². The summed E-state index contributed by atoms with van der Waals surface area (Å²) in [7, 11) is 2.11. The quantitative estimate of drug-likeness (QED) is 0.927. The Hall–Kier alpha value is -1.94. The lowest BCUT2D eigenvalue weighted by Crippen LogP contribution is -2.28. The Labute approximate surface area is 150 Å². The topological polar surface area (TPSA) is 42.2 Å². The maximum atomic E-state index is 4.80. The van der Waals surface area contributed by atoms with Gasteiger partial charge in [0.25, 0.3) is 0 Å². The van der Waals surface area contributed by atoms with Gasteiger partial charge in [0.1, 0.15) is 5.65 Å². The third-order valence-electron chi connectivity index (χ3n) is 5.78. The van der Waals surface area contributed by atoms with Crippen molar-refractivity contribution in [2.75, 3.05) is 19.6 Å². The van der Waals surface area contributed by atoms with Crippen LogP contribution in [0.2, 0.25) is 0 Å². The van der Waals surface area contributed by atoms with Crippen LogP contribution in [0, 0.1) is 5.92 Å². The van der Waals surface area contributed by atoms with Crippen LogP contribution in [0.25, 0.3) is 16.6 Å².